The van der Waals surface area contributed by atoms with Crippen LogP contribution in [0.5, 0.6) is 5.75 Å². The standard InChI is InChI=1S/C9H8N2O/c1-2-12-8-4-3-7-6-10-11-9(7)5-8/h2-6H,1H2,(H,10,11). The third-order valence-electron chi connectivity index (χ3n) is 1.63. The zero-order chi connectivity index (χ0) is 8.39. The highest BCUT2D eigenvalue weighted by atomic mass is 16.5. The zero-order valence-corrected chi connectivity index (χ0v) is 6.45. The molecule has 0 radical (unpaired) electrons. The van der Waals surface area contributed by atoms with Crippen LogP contribution in [0, 0.1) is 0 Å². The molecule has 1 aromatic carbocycles. The number of nitrogens with zero attached hydrogens (tertiary/aromatic N) is 1. The molecule has 1 heterocycles. The van der Waals surface area contributed by atoms with Crippen LogP contribution >= 0.6 is 0 Å². The first-order chi connectivity index (χ1) is 5.90. The van der Waals surface area contributed by atoms with Gasteiger partial charge in [-0.2, -0.15) is 5.10 Å². The van der Waals surface area contributed by atoms with Crippen LogP contribution in [0.4, 0.5) is 0 Å². The van der Waals surface area contributed by atoms with Gasteiger partial charge in [-0.3, -0.25) is 5.10 Å². The van der Waals surface area contributed by atoms with Gasteiger partial charge < -0.3 is 4.74 Å². The second kappa shape index (κ2) is 2.70. The Hall–Kier alpha value is -1.77. The Bertz CT molecular complexity index is 406. The van der Waals surface area contributed by atoms with E-state index < -0.39 is 0 Å². The van der Waals surface area contributed by atoms with Crippen molar-refractivity contribution in [3.63, 3.8) is 0 Å². The minimum atomic E-state index is 0.766. The van der Waals surface area contributed by atoms with Gasteiger partial charge in [0.15, 0.2) is 0 Å². The fourth-order valence-corrected chi connectivity index (χ4v) is 1.09. The number of rotatable bonds is 2. The van der Waals surface area contributed by atoms with Crippen molar-refractivity contribution >= 4 is 10.9 Å². The fraction of sp³-hybridized carbons (Fsp3) is 0. The van der Waals surface area contributed by atoms with Crippen molar-refractivity contribution < 1.29 is 4.74 Å². The van der Waals surface area contributed by atoms with Gasteiger partial charge in [0.25, 0.3) is 0 Å². The van der Waals surface area contributed by atoms with Gasteiger partial charge in [0.1, 0.15) is 5.75 Å². The van der Waals surface area contributed by atoms with Crippen LogP contribution < -0.4 is 4.74 Å². The second-order valence-electron chi connectivity index (χ2n) is 2.40. The number of ether oxygens (including phenoxy) is 1. The molecule has 60 valence electrons. The molecule has 3 heteroatoms. The summed E-state index contributed by atoms with van der Waals surface area (Å²) in [7, 11) is 0. The van der Waals surface area contributed by atoms with Crippen LogP contribution in [-0.2, 0) is 0 Å². The molecule has 0 atom stereocenters. The van der Waals surface area contributed by atoms with Gasteiger partial charge in [-0.05, 0) is 12.1 Å². The minimum absolute atomic E-state index is 0.766. The van der Waals surface area contributed by atoms with Gasteiger partial charge >= 0.3 is 0 Å². The molecule has 2 aromatic rings. The van der Waals surface area contributed by atoms with E-state index in [4.69, 9.17) is 4.74 Å². The third-order valence-corrected chi connectivity index (χ3v) is 1.63. The van der Waals surface area contributed by atoms with E-state index in [0.717, 1.165) is 16.7 Å². The molecule has 0 saturated carbocycles. The average molecular weight is 160 g/mol. The summed E-state index contributed by atoms with van der Waals surface area (Å²) in [5, 5.41) is 7.83. The number of hydrogen-bond donors (Lipinski definition) is 1. The second-order valence-corrected chi connectivity index (χ2v) is 2.40. The van der Waals surface area contributed by atoms with E-state index >= 15 is 0 Å². The lowest BCUT2D eigenvalue weighted by atomic mass is 10.2. The van der Waals surface area contributed by atoms with E-state index in [1.54, 1.807) is 6.20 Å². The summed E-state index contributed by atoms with van der Waals surface area (Å²) in [5.41, 5.74) is 0.967. The fourth-order valence-electron chi connectivity index (χ4n) is 1.09. The lowest BCUT2D eigenvalue weighted by Gasteiger charge is -1.97. The number of hydrogen-bond acceptors (Lipinski definition) is 2. The lowest BCUT2D eigenvalue weighted by molar-refractivity contribution is 0.484. The Morgan fingerprint density at radius 3 is 3.25 bits per heavy atom. The van der Waals surface area contributed by atoms with Crippen molar-refractivity contribution in [2.75, 3.05) is 0 Å². The molecule has 0 amide bonds. The largest absolute Gasteiger partial charge is 0.466 e. The summed E-state index contributed by atoms with van der Waals surface area (Å²) in [5.74, 6) is 0.766. The number of fused-ring (bicyclic) bond motifs is 1. The normalized spacial score (nSPS) is 10.0. The predicted octanol–water partition coefficient (Wildman–Crippen LogP) is 2.09. The topological polar surface area (TPSA) is 37.9 Å². The highest BCUT2D eigenvalue weighted by molar-refractivity contribution is 5.79. The number of aromatic amines is 1. The van der Waals surface area contributed by atoms with Crippen LogP contribution in [-0.4, -0.2) is 10.2 Å². The molecule has 1 N–H and O–H groups in total. The SMILES string of the molecule is C=COc1ccc2cn[nH]c2c1. The number of nitrogens with one attached hydrogen (secondary N) is 1. The summed E-state index contributed by atoms with van der Waals surface area (Å²) < 4.78 is 5.10. The molecule has 0 bridgehead atoms. The van der Waals surface area contributed by atoms with Crippen molar-refractivity contribution in [2.24, 2.45) is 0 Å². The van der Waals surface area contributed by atoms with E-state index in [2.05, 4.69) is 16.8 Å². The molecule has 3 nitrogen and oxygen atoms in total. The van der Waals surface area contributed by atoms with Gasteiger partial charge in [-0.1, -0.05) is 6.58 Å². The Balaban J connectivity index is 2.52. The lowest BCUT2D eigenvalue weighted by Crippen LogP contribution is -1.79. The molecule has 12 heavy (non-hydrogen) atoms. The van der Waals surface area contributed by atoms with E-state index in [1.165, 1.54) is 6.26 Å². The summed E-state index contributed by atoms with van der Waals surface area (Å²) in [6.07, 6.45) is 3.17. The van der Waals surface area contributed by atoms with Gasteiger partial charge in [0, 0.05) is 11.5 Å². The summed E-state index contributed by atoms with van der Waals surface area (Å²) in [6.45, 7) is 3.48. The van der Waals surface area contributed by atoms with Gasteiger partial charge in [-0.15, -0.1) is 0 Å². The van der Waals surface area contributed by atoms with E-state index in [-0.39, 0.29) is 0 Å². The number of H-pyrrole nitrogens is 1. The average Bonchev–Trinajstić information content (AvgIpc) is 2.51. The first kappa shape index (κ1) is 6.91. The maximum absolute atomic E-state index is 5.10. The highest BCUT2D eigenvalue weighted by Gasteiger charge is 1.96. The molecule has 0 aliphatic heterocycles. The Kier molecular flexibility index (Phi) is 1.55. The van der Waals surface area contributed by atoms with Crippen LogP contribution in [0.1, 0.15) is 0 Å². The van der Waals surface area contributed by atoms with Crippen molar-refractivity contribution in [3.8, 4) is 5.75 Å². The van der Waals surface area contributed by atoms with Gasteiger partial charge in [0.2, 0.25) is 0 Å². The quantitative estimate of drug-likeness (QED) is 0.683. The molecule has 0 saturated heterocycles. The molecule has 0 aliphatic rings. The smallest absolute Gasteiger partial charge is 0.128 e. The molecule has 2 rings (SSSR count). The molecular formula is C9H8N2O. The summed E-state index contributed by atoms with van der Waals surface area (Å²) >= 11 is 0. The summed E-state index contributed by atoms with van der Waals surface area (Å²) in [6, 6.07) is 5.70. The number of aromatic nitrogens is 2. The molecule has 1 aromatic heterocycles. The van der Waals surface area contributed by atoms with Crippen molar-refractivity contribution in [3.05, 3.63) is 37.2 Å². The van der Waals surface area contributed by atoms with Crippen LogP contribution in [0.2, 0.25) is 0 Å². The van der Waals surface area contributed by atoms with Crippen molar-refractivity contribution in [2.45, 2.75) is 0 Å². The van der Waals surface area contributed by atoms with Crippen LogP contribution in [0.15, 0.2) is 37.2 Å². The summed E-state index contributed by atoms with van der Waals surface area (Å²) in [4.78, 5) is 0. The minimum Gasteiger partial charge on any atom is -0.466 e. The Morgan fingerprint density at radius 1 is 1.50 bits per heavy atom. The first-order valence-electron chi connectivity index (χ1n) is 3.61. The molecular weight excluding hydrogens is 152 g/mol. The highest BCUT2D eigenvalue weighted by Crippen LogP contribution is 2.18. The van der Waals surface area contributed by atoms with Crippen molar-refractivity contribution in [1.82, 2.24) is 10.2 Å². The molecule has 0 fully saturated rings. The van der Waals surface area contributed by atoms with Gasteiger partial charge in [0.05, 0.1) is 18.0 Å². The first-order valence-corrected chi connectivity index (χ1v) is 3.61. The molecule has 0 spiro atoms. The van der Waals surface area contributed by atoms with Crippen LogP contribution in [0.25, 0.3) is 10.9 Å². The zero-order valence-electron chi connectivity index (χ0n) is 6.45. The number of benzene rings is 1. The van der Waals surface area contributed by atoms with Crippen molar-refractivity contribution in [1.29, 1.82) is 0 Å². The monoisotopic (exact) mass is 160 g/mol. The van der Waals surface area contributed by atoms with E-state index in [0.29, 0.717) is 0 Å². The van der Waals surface area contributed by atoms with Crippen LogP contribution in [0.3, 0.4) is 0 Å². The maximum Gasteiger partial charge on any atom is 0.128 e. The predicted molar refractivity (Wildman–Crippen MR) is 46.9 cm³/mol. The van der Waals surface area contributed by atoms with E-state index in [9.17, 15) is 0 Å². The molecule has 0 aliphatic carbocycles. The van der Waals surface area contributed by atoms with E-state index in [1.807, 2.05) is 18.2 Å². The molecule has 0 unspecified atom stereocenters. The Labute approximate surface area is 69.7 Å². The third kappa shape index (κ3) is 1.05. The van der Waals surface area contributed by atoms with Gasteiger partial charge in [-0.25, -0.2) is 0 Å². The Morgan fingerprint density at radius 2 is 2.42 bits per heavy atom. The maximum atomic E-state index is 5.10.